The van der Waals surface area contributed by atoms with Crippen molar-refractivity contribution in [2.24, 2.45) is 0 Å². The average Bonchev–Trinajstić information content (AvgIpc) is 2.29. The van der Waals surface area contributed by atoms with Crippen molar-refractivity contribution in [3.63, 3.8) is 0 Å². The standard InChI is InChI=1S/C11H15NO5S/c1-3-17-9-5-4-6-10(7-9)18(15,16)12-8(2)11(13)14/h4-8,12H,3H2,1-2H3,(H,13,14)/t8-/m0/s1. The normalized spacial score (nSPS) is 13.0. The van der Waals surface area contributed by atoms with Gasteiger partial charge in [-0.1, -0.05) is 6.07 Å². The molecule has 7 heteroatoms. The number of carbonyl (C=O) groups is 1. The van der Waals surface area contributed by atoms with Gasteiger partial charge in [0.2, 0.25) is 10.0 Å². The molecule has 0 fully saturated rings. The first-order valence-electron chi connectivity index (χ1n) is 5.35. The molecule has 0 aliphatic carbocycles. The molecule has 1 aromatic rings. The molecule has 2 N–H and O–H groups in total. The molecular formula is C11H15NO5S. The van der Waals surface area contributed by atoms with Crippen LogP contribution in [0.15, 0.2) is 29.2 Å². The van der Waals surface area contributed by atoms with E-state index in [1.165, 1.54) is 25.1 Å². The summed E-state index contributed by atoms with van der Waals surface area (Å²) in [5.74, 6) is -0.817. The molecule has 6 nitrogen and oxygen atoms in total. The fourth-order valence-corrected chi connectivity index (χ4v) is 2.48. The average molecular weight is 273 g/mol. The van der Waals surface area contributed by atoms with Gasteiger partial charge in [0, 0.05) is 6.07 Å². The maximum Gasteiger partial charge on any atom is 0.321 e. The summed E-state index contributed by atoms with van der Waals surface area (Å²) in [4.78, 5) is 10.6. The number of carboxylic acid groups (broad SMARTS) is 1. The molecule has 0 saturated heterocycles. The van der Waals surface area contributed by atoms with Crippen molar-refractivity contribution in [2.45, 2.75) is 24.8 Å². The van der Waals surface area contributed by atoms with Crippen molar-refractivity contribution in [3.8, 4) is 5.75 Å². The van der Waals surface area contributed by atoms with Crippen molar-refractivity contribution in [2.75, 3.05) is 6.61 Å². The van der Waals surface area contributed by atoms with Gasteiger partial charge < -0.3 is 9.84 Å². The van der Waals surface area contributed by atoms with Crippen LogP contribution in [0.5, 0.6) is 5.75 Å². The number of ether oxygens (including phenoxy) is 1. The van der Waals surface area contributed by atoms with Crippen LogP contribution in [-0.4, -0.2) is 32.1 Å². The first kappa shape index (κ1) is 14.5. The first-order valence-corrected chi connectivity index (χ1v) is 6.83. The van der Waals surface area contributed by atoms with Gasteiger partial charge in [-0.3, -0.25) is 4.79 Å². The van der Waals surface area contributed by atoms with Gasteiger partial charge in [0.15, 0.2) is 0 Å². The number of carboxylic acids is 1. The molecule has 0 spiro atoms. The van der Waals surface area contributed by atoms with E-state index >= 15 is 0 Å². The van der Waals surface area contributed by atoms with Gasteiger partial charge in [-0.05, 0) is 26.0 Å². The minimum atomic E-state index is -3.86. The van der Waals surface area contributed by atoms with Crippen LogP contribution in [0.3, 0.4) is 0 Å². The summed E-state index contributed by atoms with van der Waals surface area (Å²) in [7, 11) is -3.86. The van der Waals surface area contributed by atoms with Crippen LogP contribution in [-0.2, 0) is 14.8 Å². The molecular weight excluding hydrogens is 258 g/mol. The van der Waals surface area contributed by atoms with Gasteiger partial charge in [-0.2, -0.15) is 4.72 Å². The summed E-state index contributed by atoms with van der Waals surface area (Å²) in [5, 5.41) is 8.68. The Balaban J connectivity index is 2.97. The largest absolute Gasteiger partial charge is 0.494 e. The molecule has 100 valence electrons. The minimum Gasteiger partial charge on any atom is -0.494 e. The highest BCUT2D eigenvalue weighted by Gasteiger charge is 2.21. The van der Waals surface area contributed by atoms with Crippen molar-refractivity contribution in [1.29, 1.82) is 0 Å². The van der Waals surface area contributed by atoms with E-state index in [9.17, 15) is 13.2 Å². The van der Waals surface area contributed by atoms with Crippen LogP contribution in [0.2, 0.25) is 0 Å². The zero-order chi connectivity index (χ0) is 13.8. The molecule has 18 heavy (non-hydrogen) atoms. The highest BCUT2D eigenvalue weighted by Crippen LogP contribution is 2.17. The second-order valence-electron chi connectivity index (χ2n) is 3.59. The van der Waals surface area contributed by atoms with E-state index < -0.39 is 22.0 Å². The number of aliphatic carboxylic acids is 1. The predicted octanol–water partition coefficient (Wildman–Crippen LogP) is 0.837. The molecule has 0 bridgehead atoms. The van der Waals surface area contributed by atoms with Crippen LogP contribution >= 0.6 is 0 Å². The summed E-state index contributed by atoms with van der Waals surface area (Å²) < 4.78 is 31.0. The zero-order valence-electron chi connectivity index (χ0n) is 10.1. The van der Waals surface area contributed by atoms with Crippen molar-refractivity contribution >= 4 is 16.0 Å². The quantitative estimate of drug-likeness (QED) is 0.801. The summed E-state index contributed by atoms with van der Waals surface area (Å²) in [6.07, 6.45) is 0. The Morgan fingerprint density at radius 3 is 2.72 bits per heavy atom. The Morgan fingerprint density at radius 2 is 2.17 bits per heavy atom. The molecule has 1 aromatic carbocycles. The van der Waals surface area contributed by atoms with Crippen LogP contribution in [0.1, 0.15) is 13.8 Å². The molecule has 0 aliphatic heterocycles. The number of nitrogens with one attached hydrogen (secondary N) is 1. The van der Waals surface area contributed by atoms with Crippen molar-refractivity contribution in [3.05, 3.63) is 24.3 Å². The van der Waals surface area contributed by atoms with E-state index in [0.717, 1.165) is 0 Å². The van der Waals surface area contributed by atoms with Crippen molar-refractivity contribution < 1.29 is 23.1 Å². The van der Waals surface area contributed by atoms with E-state index in [0.29, 0.717) is 12.4 Å². The Labute approximate surface area is 106 Å². The lowest BCUT2D eigenvalue weighted by molar-refractivity contribution is -0.138. The number of hydrogen-bond donors (Lipinski definition) is 2. The van der Waals surface area contributed by atoms with E-state index in [1.54, 1.807) is 13.0 Å². The van der Waals surface area contributed by atoms with Gasteiger partial charge >= 0.3 is 5.97 Å². The van der Waals surface area contributed by atoms with E-state index in [1.807, 2.05) is 0 Å². The van der Waals surface area contributed by atoms with Gasteiger partial charge in [0.1, 0.15) is 11.8 Å². The van der Waals surface area contributed by atoms with Crippen LogP contribution in [0.4, 0.5) is 0 Å². The molecule has 0 saturated carbocycles. The Bertz CT molecular complexity index is 526. The van der Waals surface area contributed by atoms with E-state index in [2.05, 4.69) is 4.72 Å². The lowest BCUT2D eigenvalue weighted by Gasteiger charge is -2.11. The second-order valence-corrected chi connectivity index (χ2v) is 5.30. The lowest BCUT2D eigenvalue weighted by atomic mass is 10.3. The maximum atomic E-state index is 11.9. The van der Waals surface area contributed by atoms with Gasteiger partial charge in [-0.15, -0.1) is 0 Å². The SMILES string of the molecule is CCOc1cccc(S(=O)(=O)N[C@@H](C)C(=O)O)c1. The fourth-order valence-electron chi connectivity index (χ4n) is 1.25. The Kier molecular flexibility index (Phi) is 4.69. The van der Waals surface area contributed by atoms with Gasteiger partial charge in [0.25, 0.3) is 0 Å². The summed E-state index contributed by atoms with van der Waals surface area (Å²) in [5.41, 5.74) is 0. The van der Waals surface area contributed by atoms with E-state index in [4.69, 9.17) is 9.84 Å². The maximum absolute atomic E-state index is 11.9. The lowest BCUT2D eigenvalue weighted by Crippen LogP contribution is -2.38. The van der Waals surface area contributed by atoms with Crippen LogP contribution < -0.4 is 9.46 Å². The number of hydrogen-bond acceptors (Lipinski definition) is 4. The molecule has 0 aliphatic rings. The second kappa shape index (κ2) is 5.83. The molecule has 0 unspecified atom stereocenters. The topological polar surface area (TPSA) is 92.7 Å². The third kappa shape index (κ3) is 3.71. The number of benzene rings is 1. The Morgan fingerprint density at radius 1 is 1.50 bits per heavy atom. The molecule has 0 aromatic heterocycles. The summed E-state index contributed by atoms with van der Waals surface area (Å²) in [6, 6.07) is 4.69. The monoisotopic (exact) mass is 273 g/mol. The summed E-state index contributed by atoms with van der Waals surface area (Å²) in [6.45, 7) is 3.46. The first-order chi connectivity index (χ1) is 8.36. The predicted molar refractivity (Wildman–Crippen MR) is 65.0 cm³/mol. The smallest absolute Gasteiger partial charge is 0.321 e. The highest BCUT2D eigenvalue weighted by molar-refractivity contribution is 7.89. The van der Waals surface area contributed by atoms with Crippen molar-refractivity contribution in [1.82, 2.24) is 4.72 Å². The molecule has 1 rings (SSSR count). The molecule has 0 radical (unpaired) electrons. The molecule has 1 atom stereocenters. The number of rotatable bonds is 6. The van der Waals surface area contributed by atoms with Gasteiger partial charge in [-0.25, -0.2) is 8.42 Å². The summed E-state index contributed by atoms with van der Waals surface area (Å²) >= 11 is 0. The fraction of sp³-hybridized carbons (Fsp3) is 0.364. The van der Waals surface area contributed by atoms with Crippen LogP contribution in [0, 0.1) is 0 Å². The molecule has 0 heterocycles. The Hall–Kier alpha value is -1.60. The van der Waals surface area contributed by atoms with Crippen LogP contribution in [0.25, 0.3) is 0 Å². The number of sulfonamides is 1. The molecule has 0 amide bonds. The van der Waals surface area contributed by atoms with Gasteiger partial charge in [0.05, 0.1) is 11.5 Å². The third-order valence-corrected chi connectivity index (χ3v) is 3.67. The highest BCUT2D eigenvalue weighted by atomic mass is 32.2. The zero-order valence-corrected chi connectivity index (χ0v) is 10.9. The minimum absolute atomic E-state index is 0.0263. The van der Waals surface area contributed by atoms with E-state index in [-0.39, 0.29) is 4.90 Å². The third-order valence-electron chi connectivity index (χ3n) is 2.13.